The van der Waals surface area contributed by atoms with Crippen LogP contribution in [-0.4, -0.2) is 4.98 Å². The van der Waals surface area contributed by atoms with Gasteiger partial charge < -0.3 is 0 Å². The smallest absolute Gasteiger partial charge is 0.106 e. The first-order valence-corrected chi connectivity index (χ1v) is 4.38. The van der Waals surface area contributed by atoms with Crippen LogP contribution >= 0.6 is 27.7 Å². The van der Waals surface area contributed by atoms with Crippen LogP contribution in [0.5, 0.6) is 0 Å². The van der Waals surface area contributed by atoms with Gasteiger partial charge in [-0.2, -0.15) is 0 Å². The molecule has 0 aliphatic heterocycles. The predicted octanol–water partition coefficient (Wildman–Crippen LogP) is 2.65. The van der Waals surface area contributed by atoms with E-state index in [0.29, 0.717) is 0 Å². The van der Waals surface area contributed by atoms with E-state index in [1.54, 1.807) is 6.20 Å². The number of hydrogen-bond donors (Lipinski definition) is 1. The Labute approximate surface area is 79.2 Å². The lowest BCUT2D eigenvalue weighted by Crippen LogP contribution is -2.06. The molecule has 1 atom stereocenters. The molecule has 1 rings (SSSR count). The molecule has 11 heavy (non-hydrogen) atoms. The average Bonchev–Trinajstić information content (AvgIpc) is 2.03. The Kier molecular flexibility index (Phi) is 3.30. The lowest BCUT2D eigenvalue weighted by Gasteiger charge is -2.07. The van der Waals surface area contributed by atoms with E-state index in [1.807, 2.05) is 19.1 Å². The molecule has 0 spiro atoms. The third kappa shape index (κ3) is 2.43. The zero-order valence-corrected chi connectivity index (χ0v) is 8.35. The van der Waals surface area contributed by atoms with Crippen molar-refractivity contribution in [1.82, 2.24) is 9.82 Å². The highest BCUT2D eigenvalue weighted by atomic mass is 79.9. The van der Waals surface area contributed by atoms with E-state index < -0.39 is 0 Å². The maximum atomic E-state index is 5.45. The summed E-state index contributed by atoms with van der Waals surface area (Å²) in [4.78, 5) is 6.63. The first-order valence-electron chi connectivity index (χ1n) is 3.21. The van der Waals surface area contributed by atoms with Crippen molar-refractivity contribution in [3.8, 4) is 0 Å². The van der Waals surface area contributed by atoms with Gasteiger partial charge in [0.05, 0.1) is 0 Å². The van der Waals surface area contributed by atoms with Gasteiger partial charge >= 0.3 is 0 Å². The van der Waals surface area contributed by atoms with Crippen LogP contribution in [-0.2, 0) is 0 Å². The summed E-state index contributed by atoms with van der Waals surface area (Å²) in [7, 11) is 0. The molecule has 0 saturated heterocycles. The largest absolute Gasteiger partial charge is 0.249 e. The van der Waals surface area contributed by atoms with Crippen LogP contribution in [0.2, 0.25) is 0 Å². The molecule has 0 aromatic carbocycles. The molecule has 0 radical (unpaired) electrons. The Morgan fingerprint density at radius 2 is 2.45 bits per heavy atom. The van der Waals surface area contributed by atoms with Crippen molar-refractivity contribution in [2.75, 3.05) is 0 Å². The Morgan fingerprint density at radius 1 is 1.73 bits per heavy atom. The summed E-state index contributed by atoms with van der Waals surface area (Å²) in [5.41, 5.74) is 1.11. The predicted molar refractivity (Wildman–Crippen MR) is 49.3 cm³/mol. The Hall–Kier alpha value is -0.120. The minimum Gasteiger partial charge on any atom is -0.249 e. The summed E-state index contributed by atoms with van der Waals surface area (Å²) in [6.45, 7) is 1.98. The fourth-order valence-electron chi connectivity index (χ4n) is 0.750. The molecule has 1 N–H and O–H groups in total. The van der Waals surface area contributed by atoms with Crippen molar-refractivity contribution in [2.45, 2.75) is 13.0 Å². The second-order valence-electron chi connectivity index (χ2n) is 2.24. The number of halogens is 2. The third-order valence-electron chi connectivity index (χ3n) is 1.41. The summed E-state index contributed by atoms with van der Waals surface area (Å²) in [5.74, 6) is 0. The fourth-order valence-corrected chi connectivity index (χ4v) is 1.26. The normalized spacial score (nSPS) is 13.0. The summed E-state index contributed by atoms with van der Waals surface area (Å²) in [6.07, 6.45) is 1.74. The lowest BCUT2D eigenvalue weighted by molar-refractivity contribution is 0.742. The maximum Gasteiger partial charge on any atom is 0.106 e. The van der Waals surface area contributed by atoms with Gasteiger partial charge in [0.1, 0.15) is 4.60 Å². The molecule has 0 aliphatic rings. The first-order chi connectivity index (χ1) is 5.24. The molecule has 4 heteroatoms. The molecule has 1 unspecified atom stereocenters. The summed E-state index contributed by atoms with van der Waals surface area (Å²) >= 11 is 8.73. The quantitative estimate of drug-likeness (QED) is 0.630. The molecule has 0 aliphatic carbocycles. The van der Waals surface area contributed by atoms with E-state index in [1.165, 1.54) is 0 Å². The number of pyridine rings is 1. The lowest BCUT2D eigenvalue weighted by atomic mass is 10.1. The minimum atomic E-state index is 0.149. The van der Waals surface area contributed by atoms with Gasteiger partial charge in [-0.05, 0) is 52.3 Å². The Bertz CT molecular complexity index is 242. The first kappa shape index (κ1) is 8.97. The van der Waals surface area contributed by atoms with Crippen LogP contribution < -0.4 is 4.84 Å². The van der Waals surface area contributed by atoms with Crippen molar-refractivity contribution in [1.29, 1.82) is 0 Å². The Morgan fingerprint density at radius 3 is 3.00 bits per heavy atom. The van der Waals surface area contributed by atoms with Gasteiger partial charge in [-0.3, -0.25) is 0 Å². The molecule has 0 saturated carbocycles. The van der Waals surface area contributed by atoms with Crippen molar-refractivity contribution >= 4 is 27.7 Å². The highest BCUT2D eigenvalue weighted by molar-refractivity contribution is 9.10. The number of nitrogens with one attached hydrogen (secondary N) is 1. The van der Waals surface area contributed by atoms with Gasteiger partial charge in [-0.15, -0.1) is 0 Å². The van der Waals surface area contributed by atoms with Gasteiger partial charge in [0.2, 0.25) is 0 Å². The molecule has 0 bridgehead atoms. The SMILES string of the molecule is CC(NCl)c1ccnc(Br)c1. The van der Waals surface area contributed by atoms with Crippen LogP contribution in [0.4, 0.5) is 0 Å². The van der Waals surface area contributed by atoms with Crippen molar-refractivity contribution in [3.05, 3.63) is 28.5 Å². The summed E-state index contributed by atoms with van der Waals surface area (Å²) in [5, 5.41) is 0. The van der Waals surface area contributed by atoms with Crippen LogP contribution in [0.25, 0.3) is 0 Å². The van der Waals surface area contributed by atoms with E-state index in [-0.39, 0.29) is 6.04 Å². The van der Waals surface area contributed by atoms with E-state index >= 15 is 0 Å². The third-order valence-corrected chi connectivity index (χ3v) is 2.18. The maximum absolute atomic E-state index is 5.45. The molecule has 1 heterocycles. The van der Waals surface area contributed by atoms with Gasteiger partial charge in [0.25, 0.3) is 0 Å². The standard InChI is InChI=1S/C7H8BrClN2/c1-5(11-9)6-2-3-10-7(8)4-6/h2-5,11H,1H3. The van der Waals surface area contributed by atoms with Gasteiger partial charge in [-0.1, -0.05) is 0 Å². The number of nitrogens with zero attached hydrogens (tertiary/aromatic N) is 1. The van der Waals surface area contributed by atoms with Gasteiger partial charge in [0, 0.05) is 12.2 Å². The van der Waals surface area contributed by atoms with E-state index in [4.69, 9.17) is 11.8 Å². The van der Waals surface area contributed by atoms with Crippen LogP contribution in [0.15, 0.2) is 22.9 Å². The number of aromatic nitrogens is 1. The zero-order valence-electron chi connectivity index (χ0n) is 6.01. The fraction of sp³-hybridized carbons (Fsp3) is 0.286. The van der Waals surface area contributed by atoms with Gasteiger partial charge in [0.15, 0.2) is 0 Å². The average molecular weight is 236 g/mol. The van der Waals surface area contributed by atoms with E-state index in [2.05, 4.69) is 25.7 Å². The molecule has 0 amide bonds. The Balaban J connectivity index is 2.86. The van der Waals surface area contributed by atoms with Gasteiger partial charge in [-0.25, -0.2) is 9.82 Å². The minimum absolute atomic E-state index is 0.149. The molecular weight excluding hydrogens is 227 g/mol. The number of hydrogen-bond acceptors (Lipinski definition) is 2. The summed E-state index contributed by atoms with van der Waals surface area (Å²) < 4.78 is 0.828. The molecule has 1 aromatic heterocycles. The highest BCUT2D eigenvalue weighted by Crippen LogP contribution is 2.15. The summed E-state index contributed by atoms with van der Waals surface area (Å²) in [6, 6.07) is 4.00. The van der Waals surface area contributed by atoms with Crippen LogP contribution in [0, 0.1) is 0 Å². The molecule has 60 valence electrons. The second kappa shape index (κ2) is 4.04. The monoisotopic (exact) mass is 234 g/mol. The van der Waals surface area contributed by atoms with Crippen molar-refractivity contribution in [2.24, 2.45) is 0 Å². The van der Waals surface area contributed by atoms with E-state index in [9.17, 15) is 0 Å². The van der Waals surface area contributed by atoms with Crippen molar-refractivity contribution in [3.63, 3.8) is 0 Å². The molecule has 2 nitrogen and oxygen atoms in total. The van der Waals surface area contributed by atoms with Crippen molar-refractivity contribution < 1.29 is 0 Å². The molecular formula is C7H8BrClN2. The zero-order chi connectivity index (χ0) is 8.27. The van der Waals surface area contributed by atoms with Crippen LogP contribution in [0.3, 0.4) is 0 Å². The van der Waals surface area contributed by atoms with Crippen LogP contribution in [0.1, 0.15) is 18.5 Å². The topological polar surface area (TPSA) is 24.9 Å². The molecule has 0 fully saturated rings. The second-order valence-corrected chi connectivity index (χ2v) is 3.27. The molecule has 1 aromatic rings. The number of rotatable bonds is 2. The highest BCUT2D eigenvalue weighted by Gasteiger charge is 2.02. The van der Waals surface area contributed by atoms with E-state index in [0.717, 1.165) is 10.2 Å².